The zero-order chi connectivity index (χ0) is 24.1. The highest BCUT2D eigenvalue weighted by molar-refractivity contribution is 5.70. The lowest BCUT2D eigenvalue weighted by atomic mass is 9.69. The number of benzene rings is 1. The van der Waals surface area contributed by atoms with E-state index in [4.69, 9.17) is 5.26 Å². The third-order valence-corrected chi connectivity index (χ3v) is 7.25. The molecule has 2 N–H and O–H groups in total. The van der Waals surface area contributed by atoms with Gasteiger partial charge in [0.05, 0.1) is 11.8 Å². The van der Waals surface area contributed by atoms with Crippen LogP contribution in [-0.2, 0) is 7.05 Å². The van der Waals surface area contributed by atoms with Crippen LogP contribution < -0.4 is 10.2 Å². The number of phenols is 1. The molecule has 176 valence electrons. The topological polar surface area (TPSA) is 129 Å². The fourth-order valence-electron chi connectivity index (χ4n) is 5.62. The smallest absolute Gasteiger partial charge is 0.231 e. The van der Waals surface area contributed by atoms with E-state index in [-0.39, 0.29) is 22.7 Å². The number of nitrogens with zero attached hydrogens (tertiary/aromatic N) is 8. The molecular weight excluding hydrogens is 430 g/mol. The molecule has 3 atom stereocenters. The number of fused-ring (bicyclic) bond motifs is 2. The van der Waals surface area contributed by atoms with Crippen LogP contribution in [0.1, 0.15) is 51.8 Å². The van der Waals surface area contributed by atoms with Gasteiger partial charge in [0.2, 0.25) is 5.82 Å². The van der Waals surface area contributed by atoms with Crippen molar-refractivity contribution in [3.8, 4) is 34.6 Å². The lowest BCUT2D eigenvalue weighted by Gasteiger charge is -2.55. The molecule has 0 spiro atoms. The van der Waals surface area contributed by atoms with Gasteiger partial charge in [-0.3, -0.25) is 0 Å². The van der Waals surface area contributed by atoms with Gasteiger partial charge in [0.25, 0.3) is 0 Å². The van der Waals surface area contributed by atoms with E-state index in [0.29, 0.717) is 28.8 Å². The number of anilines is 1. The largest absolute Gasteiger partial charge is 0.507 e. The molecular formula is C24H29N9O. The van der Waals surface area contributed by atoms with Gasteiger partial charge >= 0.3 is 0 Å². The summed E-state index contributed by atoms with van der Waals surface area (Å²) in [6.07, 6.45) is 7.48. The van der Waals surface area contributed by atoms with Crippen molar-refractivity contribution in [2.24, 2.45) is 7.05 Å². The first kappa shape index (κ1) is 22.2. The molecule has 4 heterocycles. The Morgan fingerprint density at radius 3 is 2.50 bits per heavy atom. The number of phenolic OH excluding ortho intramolecular Hbond substituents is 1. The minimum absolute atomic E-state index is 0.00149. The number of aromatic nitrogens is 6. The molecule has 1 aromatic carbocycles. The van der Waals surface area contributed by atoms with Crippen LogP contribution in [0.15, 0.2) is 24.4 Å². The van der Waals surface area contributed by atoms with Gasteiger partial charge in [-0.05, 0) is 58.1 Å². The molecule has 3 aromatic rings. The molecule has 0 radical (unpaired) electrons. The van der Waals surface area contributed by atoms with Crippen LogP contribution in [0.2, 0.25) is 0 Å². The van der Waals surface area contributed by atoms with Crippen LogP contribution in [-0.4, -0.2) is 59.2 Å². The Morgan fingerprint density at radius 2 is 1.91 bits per heavy atom. The Morgan fingerprint density at radius 1 is 1.18 bits per heavy atom. The summed E-state index contributed by atoms with van der Waals surface area (Å²) in [7, 11) is 3.71. The van der Waals surface area contributed by atoms with Gasteiger partial charge in [0.15, 0.2) is 17.5 Å². The Hall–Kier alpha value is -3.58. The summed E-state index contributed by atoms with van der Waals surface area (Å²) >= 11 is 0. The predicted octanol–water partition coefficient (Wildman–Crippen LogP) is 2.80. The summed E-state index contributed by atoms with van der Waals surface area (Å²) in [4.78, 5) is 10.9. The summed E-state index contributed by atoms with van der Waals surface area (Å²) in [6, 6.07) is 7.36. The average Bonchev–Trinajstić information content (AvgIpc) is 3.18. The maximum absolute atomic E-state index is 10.6. The molecule has 10 heteroatoms. The van der Waals surface area contributed by atoms with Gasteiger partial charge in [0, 0.05) is 36.8 Å². The van der Waals surface area contributed by atoms with Crippen molar-refractivity contribution in [1.82, 2.24) is 35.3 Å². The number of aromatic hydroxyl groups is 1. The molecule has 5 rings (SSSR count). The third-order valence-electron chi connectivity index (χ3n) is 7.25. The Bertz CT molecular complexity index is 1250. The lowest BCUT2D eigenvalue weighted by Crippen LogP contribution is -2.66. The van der Waals surface area contributed by atoms with Gasteiger partial charge in [-0.1, -0.05) is 6.07 Å². The number of piperidine rings is 2. The molecule has 0 amide bonds. The number of hydrogen-bond donors (Lipinski definition) is 2. The quantitative estimate of drug-likeness (QED) is 0.605. The molecule has 10 nitrogen and oxygen atoms in total. The minimum atomic E-state index is -0.00149. The molecule has 34 heavy (non-hydrogen) atoms. The van der Waals surface area contributed by atoms with Crippen molar-refractivity contribution < 1.29 is 5.11 Å². The van der Waals surface area contributed by atoms with E-state index < -0.39 is 0 Å². The molecule has 2 aromatic heterocycles. The van der Waals surface area contributed by atoms with E-state index in [0.717, 1.165) is 18.7 Å². The number of hydrogen-bond acceptors (Lipinski definition) is 9. The molecule has 2 saturated heterocycles. The maximum Gasteiger partial charge on any atom is 0.231 e. The summed E-state index contributed by atoms with van der Waals surface area (Å²) in [5, 5.41) is 36.5. The summed E-state index contributed by atoms with van der Waals surface area (Å²) in [5.41, 5.74) is 1.36. The molecule has 2 aliphatic heterocycles. The number of nitriles is 1. The van der Waals surface area contributed by atoms with E-state index in [1.54, 1.807) is 31.4 Å². The van der Waals surface area contributed by atoms with Gasteiger partial charge in [-0.25, -0.2) is 9.67 Å². The number of aryl methyl sites for hydroxylation is 1. The second-order valence-electron chi connectivity index (χ2n) is 10.1. The van der Waals surface area contributed by atoms with Gasteiger partial charge < -0.3 is 15.3 Å². The van der Waals surface area contributed by atoms with Crippen molar-refractivity contribution in [2.75, 3.05) is 11.9 Å². The van der Waals surface area contributed by atoms with Crippen LogP contribution in [0.25, 0.3) is 22.8 Å². The van der Waals surface area contributed by atoms with Crippen molar-refractivity contribution in [1.29, 1.82) is 5.26 Å². The Balaban J connectivity index is 1.35. The van der Waals surface area contributed by atoms with Gasteiger partial charge in [0.1, 0.15) is 11.8 Å². The molecule has 2 aliphatic rings. The van der Waals surface area contributed by atoms with E-state index in [2.05, 4.69) is 56.4 Å². The zero-order valence-corrected chi connectivity index (χ0v) is 19.9. The van der Waals surface area contributed by atoms with Crippen LogP contribution in [0.5, 0.6) is 5.75 Å². The second-order valence-corrected chi connectivity index (χ2v) is 10.1. The summed E-state index contributed by atoms with van der Waals surface area (Å²) in [6.45, 7) is 4.65. The first-order valence-corrected chi connectivity index (χ1v) is 11.6. The van der Waals surface area contributed by atoms with Crippen LogP contribution >= 0.6 is 0 Å². The second kappa shape index (κ2) is 8.02. The first-order valence-electron chi connectivity index (χ1n) is 11.6. The molecule has 2 bridgehead atoms. The van der Waals surface area contributed by atoms with E-state index in [1.165, 1.54) is 23.9 Å². The van der Waals surface area contributed by atoms with E-state index >= 15 is 0 Å². The third kappa shape index (κ3) is 3.96. The maximum atomic E-state index is 10.6. The van der Waals surface area contributed by atoms with E-state index in [9.17, 15) is 5.11 Å². The van der Waals surface area contributed by atoms with Crippen molar-refractivity contribution in [2.45, 2.75) is 63.1 Å². The molecule has 0 unspecified atom stereocenters. The first-order chi connectivity index (χ1) is 16.2. The molecule has 2 fully saturated rings. The minimum Gasteiger partial charge on any atom is -0.507 e. The fourth-order valence-corrected chi connectivity index (χ4v) is 5.62. The standard InChI is InChI=1S/C24H29N9O/c1-23-8-5-9-24(2,31-23)12-16(11-23)32(3)20-14-26-22(29-28-20)17-7-6-15(10-18(17)34)21-27-19(13-25)33(4)30-21/h6-7,10,14,16,31,34H,5,8-9,11-12H2,1-4H3/t16-,23-,24+. The van der Waals surface area contributed by atoms with Crippen LogP contribution in [0.4, 0.5) is 5.82 Å². The summed E-state index contributed by atoms with van der Waals surface area (Å²) < 4.78 is 1.40. The highest BCUT2D eigenvalue weighted by atomic mass is 16.3. The van der Waals surface area contributed by atoms with E-state index in [1.807, 2.05) is 6.07 Å². The fraction of sp³-hybridized carbons (Fsp3) is 0.500. The molecule has 0 saturated carbocycles. The highest BCUT2D eigenvalue weighted by Crippen LogP contribution is 2.41. The van der Waals surface area contributed by atoms with Crippen molar-refractivity contribution in [3.63, 3.8) is 0 Å². The van der Waals surface area contributed by atoms with Crippen molar-refractivity contribution in [3.05, 3.63) is 30.2 Å². The SMILES string of the molecule is CN(c1cnc(-c2ccc(-c3nc(C#N)n(C)n3)cc2O)nn1)[C@H]1C[C@]2(C)CCC[C@](C)(C1)N2. The van der Waals surface area contributed by atoms with Gasteiger partial charge in [-0.15, -0.1) is 10.2 Å². The number of nitrogens with one attached hydrogen (secondary N) is 1. The Labute approximate surface area is 198 Å². The van der Waals surface area contributed by atoms with Crippen LogP contribution in [0.3, 0.4) is 0 Å². The zero-order valence-electron chi connectivity index (χ0n) is 19.9. The average molecular weight is 460 g/mol. The Kier molecular flexibility index (Phi) is 5.24. The number of rotatable bonds is 4. The normalized spacial score (nSPS) is 26.1. The monoisotopic (exact) mass is 459 g/mol. The van der Waals surface area contributed by atoms with Crippen molar-refractivity contribution >= 4 is 5.82 Å². The predicted molar refractivity (Wildman–Crippen MR) is 127 cm³/mol. The van der Waals surface area contributed by atoms with Gasteiger partial charge in [-0.2, -0.15) is 15.3 Å². The highest BCUT2D eigenvalue weighted by Gasteiger charge is 2.46. The van der Waals surface area contributed by atoms with Crippen LogP contribution in [0, 0.1) is 11.3 Å². The molecule has 0 aliphatic carbocycles. The lowest BCUT2D eigenvalue weighted by molar-refractivity contribution is 0.0784. The summed E-state index contributed by atoms with van der Waals surface area (Å²) in [5.74, 6) is 1.63.